The maximum absolute atomic E-state index is 13.7. The van der Waals surface area contributed by atoms with Crippen molar-refractivity contribution in [2.45, 2.75) is 93.0 Å². The fraction of sp³-hybridized carbons (Fsp3) is 0.429. The van der Waals surface area contributed by atoms with Gasteiger partial charge in [-0.15, -0.1) is 12.4 Å². The standard InChI is InChI=1S/C27H29NO11.C22H24N2O8.ClH/c1-10-22(31)13(28)6-17(38-10)39-15-8-27(36,16(30)9-29)7-12-19(15)26(35)21-20(24(12)33)23(32)11-4-3-5-14(37-2)18(11)25(21)34;1-21(31)8-5-4-6-11(25)12(8)16(26)13-9(21)7-10-15(24(2)3)17(27)14(20(23)30)19(29)22(10,32)18(13)28;/h3-5,10,13,15,17,22,29,31,33,35-36H,6-9,28H2,1-2H3;4-6,9-10,15,25-26,29,31-32H,7H2,1-3H3,(H2,23,30);1H/t10?,13?,15-,17?,22?,27-;9-,10-,15-,21+,22-;/m00./s1. The molecule has 72 heavy (non-hydrogen) atoms. The number of nitrogens with two attached hydrogens (primary N) is 2. The summed E-state index contributed by atoms with van der Waals surface area (Å²) in [6.07, 6.45) is -5.32. The molecule has 1 amide bonds. The molecule has 4 unspecified atom stereocenters. The quantitative estimate of drug-likeness (QED) is 0.0859. The van der Waals surface area contributed by atoms with Crippen LogP contribution in [0.4, 0.5) is 0 Å². The smallest absolute Gasteiger partial charge is 0.255 e. The molecule has 0 spiro atoms. The number of fused-ring (bicyclic) bond motifs is 6. The molecular formula is C49H54ClN3O19. The van der Waals surface area contributed by atoms with Gasteiger partial charge >= 0.3 is 0 Å². The number of aliphatic hydroxyl groups excluding tert-OH is 4. The second kappa shape index (κ2) is 18.6. The van der Waals surface area contributed by atoms with Gasteiger partial charge in [-0.1, -0.05) is 24.3 Å². The third-order valence-corrected chi connectivity index (χ3v) is 14.8. The van der Waals surface area contributed by atoms with Crippen LogP contribution >= 0.6 is 12.4 Å². The molecule has 5 aliphatic carbocycles. The zero-order chi connectivity index (χ0) is 52.3. The second-order valence-electron chi connectivity index (χ2n) is 19.1. The summed E-state index contributed by atoms with van der Waals surface area (Å²) in [4.78, 5) is 79.7. The number of Topliss-reactive ketones (excluding diaryl/α,β-unsaturated/α-hetero) is 3. The first-order valence-electron chi connectivity index (χ1n) is 22.4. The highest BCUT2D eigenvalue weighted by molar-refractivity contribution is 6.31. The Hall–Kier alpha value is -6.31. The number of carbonyl (C=O) groups excluding carboxylic acids is 6. The van der Waals surface area contributed by atoms with Gasteiger partial charge in [0.15, 0.2) is 29.2 Å². The number of aliphatic hydroxyl groups is 7. The Bertz CT molecular complexity index is 2920. The van der Waals surface area contributed by atoms with Crippen molar-refractivity contribution in [1.82, 2.24) is 4.90 Å². The number of likely N-dealkylation sites (N-methyl/N-ethyl adjacent to an activating group) is 1. The number of aromatic hydroxyl groups is 3. The molecule has 14 N–H and O–H groups in total. The lowest BCUT2D eigenvalue weighted by Gasteiger charge is -2.53. The van der Waals surface area contributed by atoms with Gasteiger partial charge in [0.25, 0.3) is 5.91 Å². The predicted octanol–water partition coefficient (Wildman–Crippen LogP) is 0.0521. The Kier molecular flexibility index (Phi) is 13.8. The Morgan fingerprint density at radius 2 is 1.54 bits per heavy atom. The van der Waals surface area contributed by atoms with E-state index in [1.807, 2.05) is 0 Å². The number of benzene rings is 3. The Labute approximate surface area is 415 Å². The number of phenols is 3. The highest BCUT2D eigenvalue weighted by atomic mass is 35.5. The number of primary amides is 1. The van der Waals surface area contributed by atoms with Crippen LogP contribution in [0.25, 0.3) is 5.76 Å². The van der Waals surface area contributed by atoms with Gasteiger partial charge in [0.05, 0.1) is 59.3 Å². The van der Waals surface area contributed by atoms with E-state index in [0.717, 1.165) is 0 Å². The fourth-order valence-electron chi connectivity index (χ4n) is 11.3. The Balaban J connectivity index is 0.000000212. The van der Waals surface area contributed by atoms with E-state index in [-0.39, 0.29) is 64.4 Å². The van der Waals surface area contributed by atoms with Gasteiger partial charge in [-0.3, -0.25) is 33.7 Å². The summed E-state index contributed by atoms with van der Waals surface area (Å²) in [6.45, 7) is 1.96. The SMILES string of the molecule is CN(C)[C@@H]1C(=O)C(C(N)=O)=C(O)[C@@]2(O)C(=O)C3=C(O)c4c(O)cccc4[C@@](C)(O)[C@H]3C[C@@H]12.COc1cccc2c1C(=O)c1c(O)c3c(c(O)c1C2=O)C[C@@](O)(C(=O)CO)C[C@@H]3OC1CC(N)C(O)C(C)O1.Cl. The number of amides is 1. The van der Waals surface area contributed by atoms with Crippen molar-refractivity contribution in [3.63, 3.8) is 0 Å². The first-order chi connectivity index (χ1) is 33.2. The van der Waals surface area contributed by atoms with Crippen molar-refractivity contribution < 1.29 is 94.0 Å². The molecule has 23 heteroatoms. The summed E-state index contributed by atoms with van der Waals surface area (Å²) in [5.74, 6) is -11.7. The molecule has 9 rings (SSSR count). The largest absolute Gasteiger partial charge is 0.508 e. The minimum absolute atomic E-state index is 0. The topological polar surface area (TPSA) is 388 Å². The van der Waals surface area contributed by atoms with Gasteiger partial charge in [0, 0.05) is 59.4 Å². The van der Waals surface area contributed by atoms with Gasteiger partial charge in [-0.05, 0) is 52.1 Å². The van der Waals surface area contributed by atoms with Crippen molar-refractivity contribution in [2.24, 2.45) is 23.3 Å². The van der Waals surface area contributed by atoms with E-state index in [0.29, 0.717) is 0 Å². The molecule has 0 aromatic heterocycles. The molecule has 0 radical (unpaired) electrons. The molecule has 1 aliphatic heterocycles. The van der Waals surface area contributed by atoms with E-state index in [2.05, 4.69) is 0 Å². The van der Waals surface area contributed by atoms with Crippen LogP contribution in [0.5, 0.6) is 23.0 Å². The van der Waals surface area contributed by atoms with Gasteiger partial charge in [-0.25, -0.2) is 0 Å². The average molecular weight is 1020 g/mol. The number of halogens is 1. The molecule has 3 aromatic carbocycles. The van der Waals surface area contributed by atoms with Crippen LogP contribution in [0, 0.1) is 11.8 Å². The van der Waals surface area contributed by atoms with Crippen LogP contribution in [0.2, 0.25) is 0 Å². The van der Waals surface area contributed by atoms with E-state index >= 15 is 0 Å². The number of hydrogen-bond donors (Lipinski definition) is 12. The maximum atomic E-state index is 13.7. The zero-order valence-electron chi connectivity index (χ0n) is 39.3. The highest BCUT2D eigenvalue weighted by Crippen LogP contribution is 2.58. The monoisotopic (exact) mass is 1020 g/mol. The van der Waals surface area contributed by atoms with Crippen LogP contribution < -0.4 is 16.2 Å². The number of carbonyl (C=O) groups is 6. The van der Waals surface area contributed by atoms with Crippen LogP contribution in [0.3, 0.4) is 0 Å². The number of nitrogens with zero attached hydrogens (tertiary/aromatic N) is 1. The molecule has 3 aromatic rings. The van der Waals surface area contributed by atoms with Gasteiger partial charge in [0.1, 0.15) is 52.3 Å². The summed E-state index contributed by atoms with van der Waals surface area (Å²) < 4.78 is 17.0. The maximum Gasteiger partial charge on any atom is 0.255 e. The number of hydrogen-bond acceptors (Lipinski definition) is 21. The minimum atomic E-state index is -2.75. The first-order valence-corrected chi connectivity index (χ1v) is 22.4. The minimum Gasteiger partial charge on any atom is -0.508 e. The molecule has 1 heterocycles. The van der Waals surface area contributed by atoms with Crippen LogP contribution in [0.1, 0.15) is 93.3 Å². The van der Waals surface area contributed by atoms with Gasteiger partial charge in [-0.2, -0.15) is 0 Å². The van der Waals surface area contributed by atoms with Crippen molar-refractivity contribution in [1.29, 1.82) is 0 Å². The molecule has 386 valence electrons. The number of ether oxygens (including phenoxy) is 3. The van der Waals surface area contributed by atoms with Crippen LogP contribution in [-0.2, 0) is 40.7 Å². The predicted molar refractivity (Wildman–Crippen MR) is 249 cm³/mol. The summed E-state index contributed by atoms with van der Waals surface area (Å²) in [7, 11) is 4.33. The zero-order valence-corrected chi connectivity index (χ0v) is 40.1. The van der Waals surface area contributed by atoms with Crippen LogP contribution in [-0.4, -0.2) is 160 Å². The van der Waals surface area contributed by atoms with Crippen molar-refractivity contribution in [3.8, 4) is 23.0 Å². The summed E-state index contributed by atoms with van der Waals surface area (Å²) in [5, 5.41) is 109. The molecule has 6 aliphatic rings. The molecule has 0 bridgehead atoms. The van der Waals surface area contributed by atoms with E-state index in [1.165, 1.54) is 69.4 Å². The van der Waals surface area contributed by atoms with Crippen molar-refractivity contribution in [3.05, 3.63) is 97.8 Å². The van der Waals surface area contributed by atoms with E-state index in [1.54, 1.807) is 6.92 Å². The lowest BCUT2D eigenvalue weighted by Crippen LogP contribution is -2.67. The Morgan fingerprint density at radius 1 is 0.903 bits per heavy atom. The van der Waals surface area contributed by atoms with Crippen molar-refractivity contribution in [2.75, 3.05) is 27.8 Å². The summed E-state index contributed by atoms with van der Waals surface area (Å²) >= 11 is 0. The molecule has 22 nitrogen and oxygen atoms in total. The fourth-order valence-corrected chi connectivity index (χ4v) is 11.3. The average Bonchev–Trinajstić information content (AvgIpc) is 3.30. The van der Waals surface area contributed by atoms with E-state index in [9.17, 15) is 79.8 Å². The summed E-state index contributed by atoms with van der Waals surface area (Å²) in [5.41, 5.74) is 1.83. The second-order valence-corrected chi connectivity index (χ2v) is 19.1. The summed E-state index contributed by atoms with van der Waals surface area (Å²) in [6, 6.07) is 6.65. The lowest BCUT2D eigenvalue weighted by atomic mass is 9.54. The molecule has 1 saturated heterocycles. The Morgan fingerprint density at radius 3 is 2.14 bits per heavy atom. The first kappa shape index (κ1) is 53.5. The number of methoxy groups -OCH3 is 1. The third-order valence-electron chi connectivity index (χ3n) is 14.8. The van der Waals surface area contributed by atoms with E-state index in [4.69, 9.17) is 25.7 Å². The molecule has 1 saturated carbocycles. The number of ketones is 5. The number of phenolic OH excluding ortho intramolecular Hbond substituents is 3. The normalized spacial score (nSPS) is 31.4. The lowest BCUT2D eigenvalue weighted by molar-refractivity contribution is -0.247. The van der Waals surface area contributed by atoms with E-state index < -0.39 is 171 Å². The molecule has 11 atom stereocenters. The van der Waals surface area contributed by atoms with Gasteiger partial charge in [0.2, 0.25) is 11.6 Å². The highest BCUT2D eigenvalue weighted by Gasteiger charge is 2.66. The van der Waals surface area contributed by atoms with Crippen LogP contribution in [0.15, 0.2) is 53.3 Å². The molecule has 2 fully saturated rings. The third kappa shape index (κ3) is 7.75. The molecular weight excluding hydrogens is 970 g/mol. The van der Waals surface area contributed by atoms with Crippen molar-refractivity contribution >= 4 is 53.0 Å². The number of rotatable bonds is 7. The van der Waals surface area contributed by atoms with Gasteiger partial charge < -0.3 is 76.7 Å².